The van der Waals surface area contributed by atoms with Gasteiger partial charge in [0, 0.05) is 17.3 Å². The number of hydrogen-bond acceptors (Lipinski definition) is 2. The van der Waals surface area contributed by atoms with Crippen molar-refractivity contribution in [2.75, 3.05) is 37.6 Å². The number of anilines is 1. The van der Waals surface area contributed by atoms with Crippen LogP contribution in [0.25, 0.3) is 0 Å². The summed E-state index contributed by atoms with van der Waals surface area (Å²) in [5.74, 6) is -1.38. The summed E-state index contributed by atoms with van der Waals surface area (Å²) in [5.41, 5.74) is 2.80. The summed E-state index contributed by atoms with van der Waals surface area (Å²) in [7, 11) is 0. The van der Waals surface area contributed by atoms with Crippen molar-refractivity contribution in [3.63, 3.8) is 0 Å². The fraction of sp³-hybridized carbons (Fsp3) is 0.381. The molecule has 2 aromatic carbocycles. The third-order valence-corrected chi connectivity index (χ3v) is 5.14. The summed E-state index contributed by atoms with van der Waals surface area (Å²) in [4.78, 5) is 15.9. The predicted molar refractivity (Wildman–Crippen MR) is 102 cm³/mol. The van der Waals surface area contributed by atoms with Gasteiger partial charge >= 0.3 is 0 Å². The lowest BCUT2D eigenvalue weighted by Gasteiger charge is -2.34. The van der Waals surface area contributed by atoms with Crippen LogP contribution in [-0.4, -0.2) is 38.6 Å². The van der Waals surface area contributed by atoms with Crippen LogP contribution in [0.4, 0.5) is 14.5 Å². The molecule has 1 saturated heterocycles. The molecule has 6 heteroatoms. The van der Waals surface area contributed by atoms with Gasteiger partial charge < -0.3 is 15.1 Å². The number of nitrogens with zero attached hydrogens (tertiary/aromatic N) is 1. The van der Waals surface area contributed by atoms with E-state index in [-0.39, 0.29) is 5.91 Å². The Kier molecular flexibility index (Phi) is 6.06. The SMILES string of the molecule is Cc1ccccc1N1CC[NH+](CC(=O)N[C@@H](C)c2ccc(F)cc2F)CC1. The van der Waals surface area contributed by atoms with E-state index in [1.165, 1.54) is 28.3 Å². The molecule has 0 bridgehead atoms. The number of halogens is 2. The molecule has 1 aliphatic rings. The molecule has 1 aliphatic heterocycles. The van der Waals surface area contributed by atoms with Crippen LogP contribution in [-0.2, 0) is 4.79 Å². The number of carbonyl (C=O) groups excluding carboxylic acids is 1. The van der Waals surface area contributed by atoms with Crippen molar-refractivity contribution in [1.82, 2.24) is 5.32 Å². The average molecular weight is 374 g/mol. The van der Waals surface area contributed by atoms with Gasteiger partial charge in [0.05, 0.1) is 32.2 Å². The number of para-hydroxylation sites is 1. The van der Waals surface area contributed by atoms with E-state index >= 15 is 0 Å². The number of benzene rings is 2. The molecule has 2 aromatic rings. The Bertz CT molecular complexity index is 804. The molecule has 0 aromatic heterocycles. The van der Waals surface area contributed by atoms with E-state index in [1.807, 2.05) is 12.1 Å². The molecule has 0 saturated carbocycles. The molecule has 1 heterocycles. The standard InChI is InChI=1S/C21H25F2N3O/c1-15-5-3-4-6-20(15)26-11-9-25(10-12-26)14-21(27)24-16(2)18-8-7-17(22)13-19(18)23/h3-8,13,16H,9-12,14H2,1-2H3,(H,24,27)/p+1/t16-/m0/s1. The zero-order valence-electron chi connectivity index (χ0n) is 15.8. The topological polar surface area (TPSA) is 36.8 Å². The van der Waals surface area contributed by atoms with Gasteiger partial charge in [-0.25, -0.2) is 8.78 Å². The molecule has 1 atom stereocenters. The zero-order chi connectivity index (χ0) is 19.4. The fourth-order valence-electron chi connectivity index (χ4n) is 3.61. The first-order valence-corrected chi connectivity index (χ1v) is 9.32. The first-order valence-electron chi connectivity index (χ1n) is 9.32. The maximum Gasteiger partial charge on any atom is 0.275 e. The Morgan fingerprint density at radius 1 is 1.19 bits per heavy atom. The second kappa shape index (κ2) is 8.48. The minimum atomic E-state index is -0.637. The largest absolute Gasteiger partial charge is 0.360 e. The van der Waals surface area contributed by atoms with Gasteiger partial charge in [0.25, 0.3) is 5.91 Å². The van der Waals surface area contributed by atoms with Crippen molar-refractivity contribution in [3.8, 4) is 0 Å². The lowest BCUT2D eigenvalue weighted by atomic mass is 10.1. The predicted octanol–water partition coefficient (Wildman–Crippen LogP) is 1.86. The van der Waals surface area contributed by atoms with Crippen molar-refractivity contribution in [1.29, 1.82) is 0 Å². The number of nitrogens with one attached hydrogen (secondary N) is 2. The van der Waals surface area contributed by atoms with Crippen LogP contribution in [0, 0.1) is 18.6 Å². The Hall–Kier alpha value is -2.47. The number of quaternary nitrogens is 1. The Morgan fingerprint density at radius 3 is 2.56 bits per heavy atom. The zero-order valence-corrected chi connectivity index (χ0v) is 15.8. The summed E-state index contributed by atoms with van der Waals surface area (Å²) >= 11 is 0. The fourth-order valence-corrected chi connectivity index (χ4v) is 3.61. The van der Waals surface area contributed by atoms with E-state index in [0.717, 1.165) is 32.2 Å². The number of carbonyl (C=O) groups is 1. The van der Waals surface area contributed by atoms with Gasteiger partial charge in [-0.3, -0.25) is 4.79 Å². The minimum absolute atomic E-state index is 0.120. The number of aryl methyl sites for hydroxylation is 1. The van der Waals surface area contributed by atoms with E-state index in [1.54, 1.807) is 6.92 Å². The first-order chi connectivity index (χ1) is 12.9. The van der Waals surface area contributed by atoms with Crippen LogP contribution in [0.5, 0.6) is 0 Å². The summed E-state index contributed by atoms with van der Waals surface area (Å²) in [6.45, 7) is 7.72. The number of rotatable bonds is 5. The summed E-state index contributed by atoms with van der Waals surface area (Å²) < 4.78 is 26.9. The molecule has 1 amide bonds. The molecule has 0 spiro atoms. The van der Waals surface area contributed by atoms with Crippen molar-refractivity contribution in [2.24, 2.45) is 0 Å². The highest BCUT2D eigenvalue weighted by Crippen LogP contribution is 2.19. The Morgan fingerprint density at radius 2 is 1.89 bits per heavy atom. The first kappa shape index (κ1) is 19.3. The molecule has 4 nitrogen and oxygen atoms in total. The molecule has 27 heavy (non-hydrogen) atoms. The molecular weight excluding hydrogens is 348 g/mol. The Labute approximate surface area is 158 Å². The highest BCUT2D eigenvalue weighted by atomic mass is 19.1. The van der Waals surface area contributed by atoms with E-state index in [9.17, 15) is 13.6 Å². The van der Waals surface area contributed by atoms with Crippen LogP contribution in [0.15, 0.2) is 42.5 Å². The second-order valence-corrected chi connectivity index (χ2v) is 7.16. The molecular formula is C21H26F2N3O+. The van der Waals surface area contributed by atoms with Gasteiger partial charge in [-0.1, -0.05) is 24.3 Å². The van der Waals surface area contributed by atoms with Gasteiger partial charge in [-0.2, -0.15) is 0 Å². The molecule has 3 rings (SSSR count). The van der Waals surface area contributed by atoms with Crippen LogP contribution in [0.2, 0.25) is 0 Å². The van der Waals surface area contributed by atoms with E-state index in [0.29, 0.717) is 12.1 Å². The molecule has 1 fully saturated rings. The maximum absolute atomic E-state index is 13.8. The summed E-state index contributed by atoms with van der Waals surface area (Å²) in [6, 6.07) is 11.3. The van der Waals surface area contributed by atoms with Crippen molar-refractivity contribution in [3.05, 3.63) is 65.2 Å². The van der Waals surface area contributed by atoms with Crippen molar-refractivity contribution >= 4 is 11.6 Å². The van der Waals surface area contributed by atoms with Gasteiger partial charge in [0.2, 0.25) is 0 Å². The minimum Gasteiger partial charge on any atom is -0.360 e. The van der Waals surface area contributed by atoms with Gasteiger partial charge in [0.1, 0.15) is 11.6 Å². The molecule has 0 aliphatic carbocycles. The monoisotopic (exact) mass is 374 g/mol. The molecule has 0 unspecified atom stereocenters. The van der Waals surface area contributed by atoms with Gasteiger partial charge in [0.15, 0.2) is 6.54 Å². The maximum atomic E-state index is 13.8. The summed E-state index contributed by atoms with van der Waals surface area (Å²) in [5, 5.41) is 2.82. The third-order valence-electron chi connectivity index (χ3n) is 5.14. The van der Waals surface area contributed by atoms with Gasteiger partial charge in [-0.05, 0) is 31.5 Å². The van der Waals surface area contributed by atoms with E-state index < -0.39 is 17.7 Å². The normalized spacial score (nSPS) is 16.2. The molecule has 2 N–H and O–H groups in total. The van der Waals surface area contributed by atoms with Crippen LogP contribution < -0.4 is 15.1 Å². The lowest BCUT2D eigenvalue weighted by Crippen LogP contribution is -3.16. The average Bonchev–Trinajstić information content (AvgIpc) is 2.62. The number of piperazine rings is 1. The molecule has 144 valence electrons. The van der Waals surface area contributed by atoms with E-state index in [4.69, 9.17) is 0 Å². The lowest BCUT2D eigenvalue weighted by molar-refractivity contribution is -0.892. The smallest absolute Gasteiger partial charge is 0.275 e. The van der Waals surface area contributed by atoms with Crippen LogP contribution in [0.1, 0.15) is 24.1 Å². The number of hydrogen-bond donors (Lipinski definition) is 2. The number of amides is 1. The quantitative estimate of drug-likeness (QED) is 0.838. The van der Waals surface area contributed by atoms with Crippen LogP contribution in [0.3, 0.4) is 0 Å². The van der Waals surface area contributed by atoms with E-state index in [2.05, 4.69) is 29.3 Å². The highest BCUT2D eigenvalue weighted by Gasteiger charge is 2.24. The van der Waals surface area contributed by atoms with Crippen molar-refractivity contribution in [2.45, 2.75) is 19.9 Å². The highest BCUT2D eigenvalue weighted by molar-refractivity contribution is 5.77. The molecule has 0 radical (unpaired) electrons. The van der Waals surface area contributed by atoms with Crippen molar-refractivity contribution < 1.29 is 18.5 Å². The Balaban J connectivity index is 1.50. The van der Waals surface area contributed by atoms with Crippen LogP contribution >= 0.6 is 0 Å². The third kappa shape index (κ3) is 4.83. The van der Waals surface area contributed by atoms with Gasteiger partial charge in [-0.15, -0.1) is 0 Å². The summed E-state index contributed by atoms with van der Waals surface area (Å²) in [6.07, 6.45) is 0. The second-order valence-electron chi connectivity index (χ2n) is 7.16.